The first-order valence-electron chi connectivity index (χ1n) is 5.59. The van der Waals surface area contributed by atoms with Crippen molar-refractivity contribution in [3.8, 4) is 11.5 Å². The van der Waals surface area contributed by atoms with Crippen LogP contribution in [0.2, 0.25) is 0 Å². The minimum atomic E-state index is -0.290. The van der Waals surface area contributed by atoms with Gasteiger partial charge in [0.2, 0.25) is 0 Å². The molecule has 0 heterocycles. The van der Waals surface area contributed by atoms with Crippen LogP contribution in [-0.4, -0.2) is 24.9 Å². The SMILES string of the molecule is COc1ccccc1OCCC(C)C(C)O. The molecule has 0 spiro atoms. The van der Waals surface area contributed by atoms with Crippen molar-refractivity contribution in [2.45, 2.75) is 26.4 Å². The van der Waals surface area contributed by atoms with E-state index in [-0.39, 0.29) is 12.0 Å². The lowest BCUT2D eigenvalue weighted by molar-refractivity contribution is 0.117. The van der Waals surface area contributed by atoms with E-state index in [2.05, 4.69) is 0 Å². The molecule has 0 radical (unpaired) electrons. The second kappa shape index (κ2) is 6.38. The molecule has 1 aromatic rings. The zero-order valence-corrected chi connectivity index (χ0v) is 10.1. The molecule has 0 aliphatic rings. The van der Waals surface area contributed by atoms with Gasteiger partial charge in [-0.1, -0.05) is 19.1 Å². The molecule has 0 bridgehead atoms. The summed E-state index contributed by atoms with van der Waals surface area (Å²) >= 11 is 0. The van der Waals surface area contributed by atoms with Crippen LogP contribution >= 0.6 is 0 Å². The predicted octanol–water partition coefficient (Wildman–Crippen LogP) is 2.48. The zero-order chi connectivity index (χ0) is 12.0. The van der Waals surface area contributed by atoms with Gasteiger partial charge in [-0.2, -0.15) is 0 Å². The van der Waals surface area contributed by atoms with Crippen LogP contribution < -0.4 is 9.47 Å². The third-order valence-electron chi connectivity index (χ3n) is 2.72. The number of ether oxygens (including phenoxy) is 2. The molecule has 0 aromatic heterocycles. The quantitative estimate of drug-likeness (QED) is 0.806. The van der Waals surface area contributed by atoms with Gasteiger partial charge in [0.05, 0.1) is 19.8 Å². The van der Waals surface area contributed by atoms with E-state index in [1.54, 1.807) is 14.0 Å². The highest BCUT2D eigenvalue weighted by molar-refractivity contribution is 5.39. The van der Waals surface area contributed by atoms with Gasteiger partial charge in [-0.05, 0) is 31.4 Å². The van der Waals surface area contributed by atoms with Crippen molar-refractivity contribution >= 4 is 0 Å². The molecule has 2 unspecified atom stereocenters. The van der Waals surface area contributed by atoms with Gasteiger partial charge in [0, 0.05) is 0 Å². The van der Waals surface area contributed by atoms with E-state index in [0.29, 0.717) is 6.61 Å². The first kappa shape index (κ1) is 12.8. The largest absolute Gasteiger partial charge is 0.493 e. The topological polar surface area (TPSA) is 38.7 Å². The predicted molar refractivity (Wildman–Crippen MR) is 64.0 cm³/mol. The van der Waals surface area contributed by atoms with Gasteiger partial charge in [-0.3, -0.25) is 0 Å². The van der Waals surface area contributed by atoms with Crippen LogP contribution in [0.15, 0.2) is 24.3 Å². The molecule has 0 saturated heterocycles. The third kappa shape index (κ3) is 3.74. The van der Waals surface area contributed by atoms with Gasteiger partial charge in [-0.15, -0.1) is 0 Å². The molecule has 2 atom stereocenters. The number of methoxy groups -OCH3 is 1. The van der Waals surface area contributed by atoms with E-state index in [0.717, 1.165) is 17.9 Å². The van der Waals surface area contributed by atoms with E-state index >= 15 is 0 Å². The molecule has 0 aliphatic heterocycles. The van der Waals surface area contributed by atoms with E-state index in [9.17, 15) is 5.11 Å². The van der Waals surface area contributed by atoms with Gasteiger partial charge in [0.15, 0.2) is 11.5 Å². The number of benzene rings is 1. The normalized spacial score (nSPS) is 14.2. The Labute approximate surface area is 97.0 Å². The van der Waals surface area contributed by atoms with Crippen LogP contribution in [0, 0.1) is 5.92 Å². The summed E-state index contributed by atoms with van der Waals surface area (Å²) in [5, 5.41) is 9.34. The Morgan fingerprint density at radius 2 is 1.81 bits per heavy atom. The van der Waals surface area contributed by atoms with Crippen molar-refractivity contribution in [1.29, 1.82) is 0 Å². The molecule has 1 rings (SSSR count). The molecule has 0 amide bonds. The zero-order valence-electron chi connectivity index (χ0n) is 10.1. The highest BCUT2D eigenvalue weighted by atomic mass is 16.5. The molecule has 1 aromatic carbocycles. The fraction of sp³-hybridized carbons (Fsp3) is 0.538. The lowest BCUT2D eigenvalue weighted by Crippen LogP contribution is -2.16. The summed E-state index contributed by atoms with van der Waals surface area (Å²) in [5.74, 6) is 1.74. The molecule has 3 nitrogen and oxygen atoms in total. The van der Waals surface area contributed by atoms with E-state index in [4.69, 9.17) is 9.47 Å². The van der Waals surface area contributed by atoms with Crippen molar-refractivity contribution in [3.63, 3.8) is 0 Å². The summed E-state index contributed by atoms with van der Waals surface area (Å²) in [7, 11) is 1.63. The van der Waals surface area contributed by atoms with Crippen LogP contribution in [0.1, 0.15) is 20.3 Å². The fourth-order valence-electron chi connectivity index (χ4n) is 1.33. The van der Waals surface area contributed by atoms with Gasteiger partial charge in [0.25, 0.3) is 0 Å². The average molecular weight is 224 g/mol. The Kier molecular flexibility index (Phi) is 5.12. The summed E-state index contributed by atoms with van der Waals surface area (Å²) in [6, 6.07) is 7.57. The highest BCUT2D eigenvalue weighted by Gasteiger charge is 2.09. The summed E-state index contributed by atoms with van der Waals surface area (Å²) in [4.78, 5) is 0. The van der Waals surface area contributed by atoms with Crippen LogP contribution in [-0.2, 0) is 0 Å². The molecular weight excluding hydrogens is 204 g/mol. The van der Waals surface area contributed by atoms with Crippen molar-refractivity contribution in [3.05, 3.63) is 24.3 Å². The van der Waals surface area contributed by atoms with Gasteiger partial charge < -0.3 is 14.6 Å². The Hall–Kier alpha value is -1.22. The fourth-order valence-corrected chi connectivity index (χ4v) is 1.33. The van der Waals surface area contributed by atoms with Crippen molar-refractivity contribution < 1.29 is 14.6 Å². The molecule has 0 saturated carbocycles. The van der Waals surface area contributed by atoms with Crippen LogP contribution in [0.5, 0.6) is 11.5 Å². The molecule has 0 fully saturated rings. The van der Waals surface area contributed by atoms with Crippen LogP contribution in [0.25, 0.3) is 0 Å². The minimum absolute atomic E-state index is 0.245. The lowest BCUT2D eigenvalue weighted by atomic mass is 10.0. The van der Waals surface area contributed by atoms with Crippen LogP contribution in [0.3, 0.4) is 0 Å². The number of hydrogen-bond acceptors (Lipinski definition) is 3. The second-order valence-electron chi connectivity index (χ2n) is 4.01. The molecule has 90 valence electrons. The van der Waals surface area contributed by atoms with E-state index < -0.39 is 0 Å². The Morgan fingerprint density at radius 3 is 2.38 bits per heavy atom. The van der Waals surface area contributed by atoms with Crippen LogP contribution in [0.4, 0.5) is 0 Å². The minimum Gasteiger partial charge on any atom is -0.493 e. The standard InChI is InChI=1S/C13H20O3/c1-10(11(2)14)8-9-16-13-7-5-4-6-12(13)15-3/h4-7,10-11,14H,8-9H2,1-3H3. The summed E-state index contributed by atoms with van der Waals surface area (Å²) in [6.45, 7) is 4.40. The first-order valence-corrected chi connectivity index (χ1v) is 5.59. The lowest BCUT2D eigenvalue weighted by Gasteiger charge is -2.15. The Bertz CT molecular complexity index is 310. The summed E-state index contributed by atoms with van der Waals surface area (Å²) in [6.07, 6.45) is 0.539. The monoisotopic (exact) mass is 224 g/mol. The molecule has 1 N–H and O–H groups in total. The maximum absolute atomic E-state index is 9.34. The second-order valence-corrected chi connectivity index (χ2v) is 4.01. The van der Waals surface area contributed by atoms with Gasteiger partial charge in [0.1, 0.15) is 0 Å². The molecular formula is C13H20O3. The number of aliphatic hydroxyl groups is 1. The van der Waals surface area contributed by atoms with E-state index in [1.807, 2.05) is 31.2 Å². The third-order valence-corrected chi connectivity index (χ3v) is 2.72. The molecule has 3 heteroatoms. The maximum atomic E-state index is 9.34. The van der Waals surface area contributed by atoms with Gasteiger partial charge in [-0.25, -0.2) is 0 Å². The van der Waals surface area contributed by atoms with E-state index in [1.165, 1.54) is 0 Å². The number of rotatable bonds is 6. The number of aliphatic hydroxyl groups excluding tert-OH is 1. The Morgan fingerprint density at radius 1 is 1.19 bits per heavy atom. The maximum Gasteiger partial charge on any atom is 0.161 e. The molecule has 16 heavy (non-hydrogen) atoms. The average Bonchev–Trinajstić information content (AvgIpc) is 2.29. The van der Waals surface area contributed by atoms with Gasteiger partial charge >= 0.3 is 0 Å². The summed E-state index contributed by atoms with van der Waals surface area (Å²) < 4.78 is 10.8. The smallest absolute Gasteiger partial charge is 0.161 e. The van der Waals surface area contributed by atoms with Crippen molar-refractivity contribution in [2.24, 2.45) is 5.92 Å². The van der Waals surface area contributed by atoms with Crippen molar-refractivity contribution in [1.82, 2.24) is 0 Å². The summed E-state index contributed by atoms with van der Waals surface area (Å²) in [5.41, 5.74) is 0. The molecule has 0 aliphatic carbocycles. The van der Waals surface area contributed by atoms with Crippen molar-refractivity contribution in [2.75, 3.05) is 13.7 Å². The number of para-hydroxylation sites is 2. The number of hydrogen-bond donors (Lipinski definition) is 1. The first-order chi connectivity index (χ1) is 7.65. The Balaban J connectivity index is 2.42. The highest BCUT2D eigenvalue weighted by Crippen LogP contribution is 2.26.